The molecule has 0 aliphatic heterocycles. The van der Waals surface area contributed by atoms with Crippen LogP contribution in [0.2, 0.25) is 0 Å². The molecule has 0 radical (unpaired) electrons. The van der Waals surface area contributed by atoms with Gasteiger partial charge >= 0.3 is 0 Å². The highest BCUT2D eigenvalue weighted by Crippen LogP contribution is 2.19. The van der Waals surface area contributed by atoms with Gasteiger partial charge in [0.05, 0.1) is 20.8 Å². The Kier molecular flexibility index (Phi) is 4.82. The molecule has 0 unspecified atom stereocenters. The number of likely N-dealkylation sites (N-methyl/N-ethyl adjacent to an activating group) is 1. The Morgan fingerprint density at radius 1 is 1.00 bits per heavy atom. The number of Topliss-reactive ketones (excluding diaryl/α,β-unsaturated/α-hetero) is 1. The number of methoxy groups -OCH3 is 2. The zero-order chi connectivity index (χ0) is 15.2. The van der Waals surface area contributed by atoms with Crippen molar-refractivity contribution in [2.45, 2.75) is 0 Å². The monoisotopic (exact) mass is 285 g/mol. The highest BCUT2D eigenvalue weighted by molar-refractivity contribution is 5.99. The molecule has 0 fully saturated rings. The molecule has 2 aromatic rings. The SMILES string of the molecule is COc1ccc(N(C)CC(=O)c2cccc(OC)c2)cc1. The first-order chi connectivity index (χ1) is 10.1. The summed E-state index contributed by atoms with van der Waals surface area (Å²) in [6, 6.07) is 14.8. The minimum absolute atomic E-state index is 0.0484. The van der Waals surface area contributed by atoms with Gasteiger partial charge in [-0.2, -0.15) is 0 Å². The first-order valence-electron chi connectivity index (χ1n) is 6.66. The Bertz CT molecular complexity index is 608. The summed E-state index contributed by atoms with van der Waals surface area (Å²) in [5, 5.41) is 0. The van der Waals surface area contributed by atoms with E-state index in [1.54, 1.807) is 26.4 Å². The number of carbonyl (C=O) groups excluding carboxylic acids is 1. The smallest absolute Gasteiger partial charge is 0.182 e. The molecule has 110 valence electrons. The molecule has 2 aromatic carbocycles. The fraction of sp³-hybridized carbons (Fsp3) is 0.235. The Morgan fingerprint density at radius 2 is 1.67 bits per heavy atom. The lowest BCUT2D eigenvalue weighted by Gasteiger charge is -2.18. The predicted octanol–water partition coefficient (Wildman–Crippen LogP) is 3.02. The predicted molar refractivity (Wildman–Crippen MR) is 83.6 cm³/mol. The van der Waals surface area contributed by atoms with Crippen LogP contribution in [-0.2, 0) is 0 Å². The lowest BCUT2D eigenvalue weighted by molar-refractivity contribution is 0.1000. The van der Waals surface area contributed by atoms with E-state index in [9.17, 15) is 4.79 Å². The summed E-state index contributed by atoms with van der Waals surface area (Å²) in [6.45, 7) is 0.305. The van der Waals surface area contributed by atoms with Crippen molar-refractivity contribution in [2.75, 3.05) is 32.7 Å². The normalized spacial score (nSPS) is 10.0. The van der Waals surface area contributed by atoms with E-state index in [1.165, 1.54) is 0 Å². The lowest BCUT2D eigenvalue weighted by atomic mass is 10.1. The van der Waals surface area contributed by atoms with E-state index >= 15 is 0 Å². The number of hydrogen-bond acceptors (Lipinski definition) is 4. The number of carbonyl (C=O) groups is 1. The summed E-state index contributed by atoms with van der Waals surface area (Å²) in [5.41, 5.74) is 1.61. The summed E-state index contributed by atoms with van der Waals surface area (Å²) in [4.78, 5) is 14.2. The molecule has 4 heteroatoms. The van der Waals surface area contributed by atoms with Crippen LogP contribution in [0.4, 0.5) is 5.69 Å². The van der Waals surface area contributed by atoms with Gasteiger partial charge in [-0.15, -0.1) is 0 Å². The maximum Gasteiger partial charge on any atom is 0.182 e. The molecule has 2 rings (SSSR count). The second-order valence-corrected chi connectivity index (χ2v) is 4.71. The average molecular weight is 285 g/mol. The van der Waals surface area contributed by atoms with Crippen molar-refractivity contribution >= 4 is 11.5 Å². The number of nitrogens with zero attached hydrogens (tertiary/aromatic N) is 1. The zero-order valence-corrected chi connectivity index (χ0v) is 12.5. The van der Waals surface area contributed by atoms with E-state index < -0.39 is 0 Å². The molecule has 21 heavy (non-hydrogen) atoms. The van der Waals surface area contributed by atoms with Gasteiger partial charge in [0.1, 0.15) is 11.5 Å². The van der Waals surface area contributed by atoms with Crippen LogP contribution in [0.15, 0.2) is 48.5 Å². The van der Waals surface area contributed by atoms with Crippen molar-refractivity contribution < 1.29 is 14.3 Å². The molecule has 0 aromatic heterocycles. The fourth-order valence-electron chi connectivity index (χ4n) is 2.03. The van der Waals surface area contributed by atoms with Gasteiger partial charge in [0.15, 0.2) is 5.78 Å². The van der Waals surface area contributed by atoms with Gasteiger partial charge in [-0.3, -0.25) is 4.79 Å². The van der Waals surface area contributed by atoms with E-state index in [0.717, 1.165) is 11.4 Å². The molecule has 0 atom stereocenters. The number of ketones is 1. The first kappa shape index (κ1) is 14.9. The summed E-state index contributed by atoms with van der Waals surface area (Å²) in [7, 11) is 5.11. The fourth-order valence-corrected chi connectivity index (χ4v) is 2.03. The summed E-state index contributed by atoms with van der Waals surface area (Å²) >= 11 is 0. The van der Waals surface area contributed by atoms with Gasteiger partial charge in [0.25, 0.3) is 0 Å². The minimum atomic E-state index is 0.0484. The van der Waals surface area contributed by atoms with Crippen LogP contribution >= 0.6 is 0 Å². The lowest BCUT2D eigenvalue weighted by Crippen LogP contribution is -2.25. The molecule has 0 saturated heterocycles. The second kappa shape index (κ2) is 6.79. The number of rotatable bonds is 6. The Balaban J connectivity index is 2.06. The molecule has 0 amide bonds. The Hall–Kier alpha value is -2.49. The third-order valence-corrected chi connectivity index (χ3v) is 3.29. The van der Waals surface area contributed by atoms with Crippen LogP contribution in [0.3, 0.4) is 0 Å². The van der Waals surface area contributed by atoms with Crippen LogP contribution in [-0.4, -0.2) is 33.6 Å². The largest absolute Gasteiger partial charge is 0.497 e. The number of anilines is 1. The quantitative estimate of drug-likeness (QED) is 0.765. The third-order valence-electron chi connectivity index (χ3n) is 3.29. The minimum Gasteiger partial charge on any atom is -0.497 e. The summed E-state index contributed by atoms with van der Waals surface area (Å²) in [6.07, 6.45) is 0. The standard InChI is InChI=1S/C17H19NO3/c1-18(14-7-9-15(20-2)10-8-14)12-17(19)13-5-4-6-16(11-13)21-3/h4-11H,12H2,1-3H3. The van der Waals surface area contributed by atoms with Crippen LogP contribution in [0.5, 0.6) is 11.5 Å². The molecule has 0 spiro atoms. The van der Waals surface area contributed by atoms with E-state index in [1.807, 2.05) is 48.3 Å². The van der Waals surface area contributed by atoms with Gasteiger partial charge in [-0.05, 0) is 36.4 Å². The molecule has 0 aliphatic carbocycles. The number of hydrogen-bond donors (Lipinski definition) is 0. The molecule has 0 saturated carbocycles. The van der Waals surface area contributed by atoms with E-state index in [-0.39, 0.29) is 5.78 Å². The topological polar surface area (TPSA) is 38.8 Å². The van der Waals surface area contributed by atoms with Crippen LogP contribution in [0.1, 0.15) is 10.4 Å². The van der Waals surface area contributed by atoms with Crippen molar-refractivity contribution in [3.8, 4) is 11.5 Å². The molecular formula is C17H19NO3. The van der Waals surface area contributed by atoms with Gasteiger partial charge in [-0.25, -0.2) is 0 Å². The highest BCUT2D eigenvalue weighted by Gasteiger charge is 2.11. The van der Waals surface area contributed by atoms with Crippen molar-refractivity contribution in [1.82, 2.24) is 0 Å². The number of ether oxygens (including phenoxy) is 2. The van der Waals surface area contributed by atoms with Crippen molar-refractivity contribution in [2.24, 2.45) is 0 Å². The Labute approximate surface area is 124 Å². The summed E-state index contributed by atoms with van der Waals surface area (Å²) < 4.78 is 10.3. The number of benzene rings is 2. The summed E-state index contributed by atoms with van der Waals surface area (Å²) in [5.74, 6) is 1.53. The molecule has 0 aliphatic rings. The first-order valence-corrected chi connectivity index (χ1v) is 6.66. The van der Waals surface area contributed by atoms with E-state index in [0.29, 0.717) is 17.9 Å². The molecular weight excluding hydrogens is 266 g/mol. The zero-order valence-electron chi connectivity index (χ0n) is 12.5. The average Bonchev–Trinajstić information content (AvgIpc) is 2.54. The molecule has 0 bridgehead atoms. The van der Waals surface area contributed by atoms with Gasteiger partial charge in [0, 0.05) is 18.3 Å². The maximum absolute atomic E-state index is 12.3. The molecule has 4 nitrogen and oxygen atoms in total. The second-order valence-electron chi connectivity index (χ2n) is 4.71. The van der Waals surface area contributed by atoms with Gasteiger partial charge < -0.3 is 14.4 Å². The Morgan fingerprint density at radius 3 is 2.29 bits per heavy atom. The van der Waals surface area contributed by atoms with Gasteiger partial charge in [-0.1, -0.05) is 12.1 Å². The van der Waals surface area contributed by atoms with Crippen molar-refractivity contribution in [1.29, 1.82) is 0 Å². The van der Waals surface area contributed by atoms with Gasteiger partial charge in [0.2, 0.25) is 0 Å². The molecule has 0 N–H and O–H groups in total. The highest BCUT2D eigenvalue weighted by atomic mass is 16.5. The van der Waals surface area contributed by atoms with Crippen LogP contribution in [0.25, 0.3) is 0 Å². The van der Waals surface area contributed by atoms with Crippen LogP contribution in [0, 0.1) is 0 Å². The van der Waals surface area contributed by atoms with Crippen molar-refractivity contribution in [3.63, 3.8) is 0 Å². The van der Waals surface area contributed by atoms with Crippen molar-refractivity contribution in [3.05, 3.63) is 54.1 Å². The molecule has 0 heterocycles. The van der Waals surface area contributed by atoms with E-state index in [4.69, 9.17) is 9.47 Å². The third kappa shape index (κ3) is 3.75. The maximum atomic E-state index is 12.3. The van der Waals surface area contributed by atoms with E-state index in [2.05, 4.69) is 0 Å². The van der Waals surface area contributed by atoms with Crippen LogP contribution < -0.4 is 14.4 Å².